The van der Waals surface area contributed by atoms with Gasteiger partial charge < -0.3 is 15.0 Å². The van der Waals surface area contributed by atoms with Gasteiger partial charge in [0.05, 0.1) is 5.02 Å². The van der Waals surface area contributed by atoms with Crippen LogP contribution >= 0.6 is 11.6 Å². The standard InChI is InChI=1S/C28H31ClN2O3/c1-19-10-6-8-12-22(19)26(32)23-15-14-21(18-24(23)29)30-25-13-9-7-11-20(25)16-17-31(5)27(33)34-28(2,3)4/h6-15,18,30H,16-17H2,1-5H3. The summed E-state index contributed by atoms with van der Waals surface area (Å²) < 4.78 is 5.43. The van der Waals surface area contributed by atoms with Gasteiger partial charge in [0.2, 0.25) is 0 Å². The van der Waals surface area contributed by atoms with Gasteiger partial charge in [-0.1, -0.05) is 54.1 Å². The smallest absolute Gasteiger partial charge is 0.410 e. The second kappa shape index (κ2) is 10.7. The molecule has 0 saturated heterocycles. The van der Waals surface area contributed by atoms with Crippen molar-refractivity contribution in [1.29, 1.82) is 0 Å². The van der Waals surface area contributed by atoms with E-state index in [0.717, 1.165) is 22.5 Å². The molecule has 0 aliphatic rings. The van der Waals surface area contributed by atoms with Gasteiger partial charge in [-0.25, -0.2) is 4.79 Å². The van der Waals surface area contributed by atoms with Gasteiger partial charge in [0.15, 0.2) is 5.78 Å². The molecule has 3 rings (SSSR count). The van der Waals surface area contributed by atoms with Crippen LogP contribution in [0, 0.1) is 6.92 Å². The summed E-state index contributed by atoms with van der Waals surface area (Å²) in [5.74, 6) is -0.0970. The number of halogens is 1. The van der Waals surface area contributed by atoms with Gasteiger partial charge in [-0.15, -0.1) is 0 Å². The minimum atomic E-state index is -0.531. The van der Waals surface area contributed by atoms with E-state index < -0.39 is 5.60 Å². The highest BCUT2D eigenvalue weighted by Gasteiger charge is 2.20. The maximum absolute atomic E-state index is 13.0. The quantitative estimate of drug-likeness (QED) is 0.370. The first-order chi connectivity index (χ1) is 16.0. The first kappa shape index (κ1) is 25.3. The fraction of sp³-hybridized carbons (Fsp3) is 0.286. The van der Waals surface area contributed by atoms with Crippen LogP contribution in [0.2, 0.25) is 5.02 Å². The number of hydrogen-bond donors (Lipinski definition) is 1. The third-order valence-electron chi connectivity index (χ3n) is 5.32. The summed E-state index contributed by atoms with van der Waals surface area (Å²) in [6.07, 6.45) is 0.301. The van der Waals surface area contributed by atoms with Crippen LogP contribution in [0.1, 0.15) is 47.8 Å². The molecule has 0 aliphatic heterocycles. The number of rotatable bonds is 7. The van der Waals surface area contributed by atoms with Crippen molar-refractivity contribution in [2.75, 3.05) is 18.9 Å². The lowest BCUT2D eigenvalue weighted by Gasteiger charge is -2.25. The third-order valence-corrected chi connectivity index (χ3v) is 5.63. The number of ketones is 1. The lowest BCUT2D eigenvalue weighted by molar-refractivity contribution is 0.0300. The van der Waals surface area contributed by atoms with Crippen molar-refractivity contribution in [2.45, 2.75) is 39.7 Å². The van der Waals surface area contributed by atoms with E-state index in [1.807, 2.05) is 82.3 Å². The number of carbonyl (C=O) groups is 2. The van der Waals surface area contributed by atoms with Crippen LogP contribution in [0.25, 0.3) is 0 Å². The maximum atomic E-state index is 13.0. The molecule has 0 atom stereocenters. The molecule has 0 aliphatic carbocycles. The lowest BCUT2D eigenvalue weighted by Crippen LogP contribution is -2.35. The number of hydrogen-bond acceptors (Lipinski definition) is 4. The van der Waals surface area contributed by atoms with E-state index in [1.165, 1.54) is 0 Å². The van der Waals surface area contributed by atoms with Crippen LogP contribution in [0.15, 0.2) is 66.7 Å². The molecule has 34 heavy (non-hydrogen) atoms. The van der Waals surface area contributed by atoms with Gasteiger partial charge >= 0.3 is 6.09 Å². The van der Waals surface area contributed by atoms with Crippen molar-refractivity contribution in [1.82, 2.24) is 4.90 Å². The van der Waals surface area contributed by atoms with Gasteiger partial charge in [-0.05, 0) is 69.5 Å². The molecule has 0 spiro atoms. The van der Waals surface area contributed by atoms with Crippen LogP contribution in [0.3, 0.4) is 0 Å². The zero-order chi connectivity index (χ0) is 24.9. The molecule has 0 saturated carbocycles. The summed E-state index contributed by atoms with van der Waals surface area (Å²) in [4.78, 5) is 26.8. The molecule has 0 unspecified atom stereocenters. The van der Waals surface area contributed by atoms with Crippen LogP contribution in [-0.4, -0.2) is 36.0 Å². The number of ether oxygens (including phenoxy) is 1. The summed E-state index contributed by atoms with van der Waals surface area (Å²) >= 11 is 6.50. The zero-order valence-corrected chi connectivity index (χ0v) is 21.1. The molecule has 178 valence electrons. The van der Waals surface area contributed by atoms with E-state index in [4.69, 9.17) is 16.3 Å². The first-order valence-electron chi connectivity index (χ1n) is 11.2. The summed E-state index contributed by atoms with van der Waals surface area (Å²) in [5.41, 5.74) is 4.23. The number of benzene rings is 3. The second-order valence-corrected chi connectivity index (χ2v) is 9.68. The first-order valence-corrected chi connectivity index (χ1v) is 11.6. The van der Waals surface area contributed by atoms with Crippen molar-refractivity contribution in [2.24, 2.45) is 0 Å². The molecule has 5 nitrogen and oxygen atoms in total. The summed E-state index contributed by atoms with van der Waals surface area (Å²) in [5, 5.41) is 3.78. The Morgan fingerprint density at radius 3 is 2.32 bits per heavy atom. The topological polar surface area (TPSA) is 58.6 Å². The number of nitrogens with zero attached hydrogens (tertiary/aromatic N) is 1. The van der Waals surface area contributed by atoms with Crippen molar-refractivity contribution < 1.29 is 14.3 Å². The Morgan fingerprint density at radius 2 is 1.65 bits per heavy atom. The molecule has 0 radical (unpaired) electrons. The Bertz CT molecular complexity index is 1180. The Balaban J connectivity index is 1.72. The van der Waals surface area contributed by atoms with Gasteiger partial charge in [-0.2, -0.15) is 0 Å². The molecule has 0 bridgehead atoms. The lowest BCUT2D eigenvalue weighted by atomic mass is 9.99. The minimum Gasteiger partial charge on any atom is -0.444 e. The number of anilines is 2. The Labute approximate surface area is 206 Å². The Kier molecular flexibility index (Phi) is 8.00. The molecular weight excluding hydrogens is 448 g/mol. The van der Waals surface area contributed by atoms with Crippen molar-refractivity contribution in [3.63, 3.8) is 0 Å². The summed E-state index contributed by atoms with van der Waals surface area (Å²) in [6.45, 7) is 7.97. The van der Waals surface area contributed by atoms with E-state index in [-0.39, 0.29) is 11.9 Å². The normalized spacial score (nSPS) is 11.1. The molecule has 0 aromatic heterocycles. The summed E-state index contributed by atoms with van der Waals surface area (Å²) in [7, 11) is 1.73. The average molecular weight is 479 g/mol. The van der Waals surface area contributed by atoms with E-state index >= 15 is 0 Å². The molecular formula is C28H31ClN2O3. The summed E-state index contributed by atoms with van der Waals surface area (Å²) in [6, 6.07) is 20.7. The van der Waals surface area contributed by atoms with Gasteiger partial charge in [-0.3, -0.25) is 4.79 Å². The highest BCUT2D eigenvalue weighted by Crippen LogP contribution is 2.28. The van der Waals surface area contributed by atoms with Crippen LogP contribution in [0.5, 0.6) is 0 Å². The maximum Gasteiger partial charge on any atom is 0.410 e. The number of carbonyl (C=O) groups excluding carboxylic acids is 2. The number of nitrogens with one attached hydrogen (secondary N) is 1. The van der Waals surface area contributed by atoms with Crippen molar-refractivity contribution >= 4 is 34.9 Å². The molecule has 3 aromatic rings. The predicted octanol–water partition coefficient (Wildman–Crippen LogP) is 7.03. The molecule has 1 amide bonds. The largest absolute Gasteiger partial charge is 0.444 e. The van der Waals surface area contributed by atoms with Crippen LogP contribution < -0.4 is 5.32 Å². The number of aryl methyl sites for hydroxylation is 1. The van der Waals surface area contributed by atoms with Gasteiger partial charge in [0, 0.05) is 36.1 Å². The highest BCUT2D eigenvalue weighted by atomic mass is 35.5. The average Bonchev–Trinajstić information content (AvgIpc) is 2.77. The zero-order valence-electron chi connectivity index (χ0n) is 20.3. The molecule has 0 heterocycles. The Hall–Kier alpha value is -3.31. The SMILES string of the molecule is Cc1ccccc1C(=O)c1ccc(Nc2ccccc2CCN(C)C(=O)OC(C)(C)C)cc1Cl. The third kappa shape index (κ3) is 6.61. The fourth-order valence-electron chi connectivity index (χ4n) is 3.48. The predicted molar refractivity (Wildman–Crippen MR) is 138 cm³/mol. The van der Waals surface area contributed by atoms with E-state index in [2.05, 4.69) is 5.32 Å². The van der Waals surface area contributed by atoms with Crippen LogP contribution in [-0.2, 0) is 11.2 Å². The molecule has 6 heteroatoms. The minimum absolute atomic E-state index is 0.0970. The van der Waals surface area contributed by atoms with E-state index in [1.54, 1.807) is 24.1 Å². The highest BCUT2D eigenvalue weighted by molar-refractivity contribution is 6.35. The Morgan fingerprint density at radius 1 is 0.971 bits per heavy atom. The number of amides is 1. The van der Waals surface area contributed by atoms with Gasteiger partial charge in [0.1, 0.15) is 5.60 Å². The monoisotopic (exact) mass is 478 g/mol. The fourth-order valence-corrected chi connectivity index (χ4v) is 3.75. The molecule has 1 N–H and O–H groups in total. The van der Waals surface area contributed by atoms with Crippen molar-refractivity contribution in [3.8, 4) is 0 Å². The van der Waals surface area contributed by atoms with E-state index in [0.29, 0.717) is 29.1 Å². The number of likely N-dealkylation sites (N-methyl/N-ethyl adjacent to an activating group) is 1. The van der Waals surface area contributed by atoms with Crippen LogP contribution in [0.4, 0.5) is 16.2 Å². The second-order valence-electron chi connectivity index (χ2n) is 9.27. The van der Waals surface area contributed by atoms with E-state index in [9.17, 15) is 9.59 Å². The van der Waals surface area contributed by atoms with Crippen molar-refractivity contribution in [3.05, 3.63) is 94.0 Å². The molecule has 0 fully saturated rings. The number of para-hydroxylation sites is 1. The van der Waals surface area contributed by atoms with Gasteiger partial charge in [0.25, 0.3) is 0 Å². The molecule has 3 aromatic carbocycles.